The second-order valence-corrected chi connectivity index (χ2v) is 6.91. The molecule has 0 spiro atoms. The van der Waals surface area contributed by atoms with Gasteiger partial charge < -0.3 is 0 Å². The maximum atomic E-state index is 2.43. The maximum Gasteiger partial charge on any atom is -0.00568 e. The van der Waals surface area contributed by atoms with Crippen molar-refractivity contribution >= 4 is 0 Å². The lowest BCUT2D eigenvalue weighted by atomic mass is 9.68. The van der Waals surface area contributed by atoms with Crippen LogP contribution in [0.3, 0.4) is 0 Å². The van der Waals surface area contributed by atoms with Crippen molar-refractivity contribution in [1.82, 2.24) is 0 Å². The van der Waals surface area contributed by atoms with Crippen LogP contribution in [0, 0.1) is 13.8 Å². The Bertz CT molecular complexity index is 675. The summed E-state index contributed by atoms with van der Waals surface area (Å²) in [6.07, 6.45) is 2.27. The zero-order valence-corrected chi connectivity index (χ0v) is 13.3. The first kappa shape index (κ1) is 13.4. The first-order chi connectivity index (χ1) is 9.42. The highest BCUT2D eigenvalue weighted by Gasteiger charge is 2.31. The number of aryl methyl sites for hydroxylation is 3. The molecule has 1 aliphatic rings. The molecule has 0 heterocycles. The Labute approximate surface area is 122 Å². The molecule has 0 radical (unpaired) electrons. The summed E-state index contributed by atoms with van der Waals surface area (Å²) in [6, 6.07) is 11.7. The molecule has 2 aromatic carbocycles. The van der Waals surface area contributed by atoms with Crippen LogP contribution in [0.4, 0.5) is 0 Å². The predicted molar refractivity (Wildman–Crippen MR) is 87.5 cm³/mol. The molecule has 0 amide bonds. The van der Waals surface area contributed by atoms with Crippen molar-refractivity contribution in [2.75, 3.05) is 0 Å². The average molecular weight is 264 g/mol. The third kappa shape index (κ3) is 1.98. The predicted octanol–water partition coefficient (Wildman–Crippen LogP) is 5.37. The van der Waals surface area contributed by atoms with E-state index in [1.165, 1.54) is 38.9 Å². The van der Waals surface area contributed by atoms with Crippen LogP contribution in [0.1, 0.15) is 48.6 Å². The van der Waals surface area contributed by atoms with E-state index in [9.17, 15) is 0 Å². The third-order valence-electron chi connectivity index (χ3n) is 4.69. The van der Waals surface area contributed by atoms with Crippen molar-refractivity contribution in [1.29, 1.82) is 0 Å². The second-order valence-electron chi connectivity index (χ2n) is 6.91. The molecule has 0 atom stereocenters. The number of hydrogen-bond acceptors (Lipinski definition) is 0. The quantitative estimate of drug-likeness (QED) is 0.650. The van der Waals surface area contributed by atoms with E-state index >= 15 is 0 Å². The van der Waals surface area contributed by atoms with Crippen LogP contribution in [0.25, 0.3) is 11.1 Å². The molecule has 1 aliphatic carbocycles. The Kier molecular flexibility index (Phi) is 3.01. The van der Waals surface area contributed by atoms with Crippen LogP contribution >= 0.6 is 0 Å². The minimum atomic E-state index is 0.231. The standard InChI is InChI=1S/C20H24/c1-6-15-10-14(3)19-16(11-15)12-20(4,5)18-8-7-13(2)9-17(18)19/h7-11H,6,12H2,1-5H3. The van der Waals surface area contributed by atoms with Gasteiger partial charge in [-0.25, -0.2) is 0 Å². The van der Waals surface area contributed by atoms with E-state index in [0.29, 0.717) is 0 Å². The molecule has 0 fully saturated rings. The van der Waals surface area contributed by atoms with Gasteiger partial charge >= 0.3 is 0 Å². The van der Waals surface area contributed by atoms with Crippen LogP contribution in [0.15, 0.2) is 30.3 Å². The van der Waals surface area contributed by atoms with Gasteiger partial charge in [0.1, 0.15) is 0 Å². The molecule has 0 aromatic heterocycles. The monoisotopic (exact) mass is 264 g/mol. The third-order valence-corrected chi connectivity index (χ3v) is 4.69. The molecule has 0 heteroatoms. The summed E-state index contributed by atoms with van der Waals surface area (Å²) in [6.45, 7) is 11.4. The fraction of sp³-hybridized carbons (Fsp3) is 0.400. The molecule has 104 valence electrons. The highest BCUT2D eigenvalue weighted by molar-refractivity contribution is 5.78. The number of rotatable bonds is 1. The molecule has 0 saturated heterocycles. The van der Waals surface area contributed by atoms with Gasteiger partial charge in [0.25, 0.3) is 0 Å². The van der Waals surface area contributed by atoms with Gasteiger partial charge in [-0.05, 0) is 65.5 Å². The Balaban J connectivity index is 2.33. The number of benzene rings is 2. The van der Waals surface area contributed by atoms with E-state index in [1.807, 2.05) is 0 Å². The van der Waals surface area contributed by atoms with Crippen molar-refractivity contribution in [3.63, 3.8) is 0 Å². The van der Waals surface area contributed by atoms with Crippen molar-refractivity contribution in [3.05, 3.63) is 58.1 Å². The van der Waals surface area contributed by atoms with Gasteiger partial charge in [-0.15, -0.1) is 0 Å². The summed E-state index contributed by atoms with van der Waals surface area (Å²) in [5.41, 5.74) is 10.5. The topological polar surface area (TPSA) is 0 Å². The van der Waals surface area contributed by atoms with Crippen LogP contribution in [-0.4, -0.2) is 0 Å². The summed E-state index contributed by atoms with van der Waals surface area (Å²) in [7, 11) is 0. The zero-order chi connectivity index (χ0) is 14.5. The first-order valence-corrected chi connectivity index (χ1v) is 7.66. The highest BCUT2D eigenvalue weighted by Crippen LogP contribution is 2.45. The normalized spacial score (nSPS) is 15.7. The van der Waals surface area contributed by atoms with Gasteiger partial charge in [0.15, 0.2) is 0 Å². The lowest BCUT2D eigenvalue weighted by Crippen LogP contribution is -2.26. The summed E-state index contributed by atoms with van der Waals surface area (Å²) in [5, 5.41) is 0. The molecule has 3 rings (SSSR count). The van der Waals surface area contributed by atoms with E-state index in [0.717, 1.165) is 12.8 Å². The van der Waals surface area contributed by atoms with Crippen LogP contribution in [0.2, 0.25) is 0 Å². The van der Waals surface area contributed by atoms with E-state index < -0.39 is 0 Å². The molecular formula is C20H24. The van der Waals surface area contributed by atoms with Crippen molar-refractivity contribution in [3.8, 4) is 11.1 Å². The lowest BCUT2D eigenvalue weighted by Gasteiger charge is -2.35. The van der Waals surface area contributed by atoms with Crippen molar-refractivity contribution < 1.29 is 0 Å². The molecule has 20 heavy (non-hydrogen) atoms. The second kappa shape index (κ2) is 4.48. The molecule has 2 aromatic rings. The molecule has 0 unspecified atom stereocenters. The Morgan fingerprint density at radius 3 is 2.50 bits per heavy atom. The molecule has 0 aliphatic heterocycles. The minimum Gasteiger partial charge on any atom is -0.0613 e. The van der Waals surface area contributed by atoms with E-state index in [4.69, 9.17) is 0 Å². The van der Waals surface area contributed by atoms with Gasteiger partial charge in [-0.2, -0.15) is 0 Å². The van der Waals surface area contributed by atoms with Crippen molar-refractivity contribution in [2.45, 2.75) is 52.9 Å². The lowest BCUT2D eigenvalue weighted by molar-refractivity contribution is 0.516. The Morgan fingerprint density at radius 2 is 1.80 bits per heavy atom. The van der Waals surface area contributed by atoms with E-state index in [-0.39, 0.29) is 5.41 Å². The van der Waals surface area contributed by atoms with E-state index in [2.05, 4.69) is 65.0 Å². The van der Waals surface area contributed by atoms with Gasteiger partial charge in [-0.1, -0.05) is 56.7 Å². The smallest absolute Gasteiger partial charge is 0.00568 e. The summed E-state index contributed by atoms with van der Waals surface area (Å²) >= 11 is 0. The fourth-order valence-corrected chi connectivity index (χ4v) is 3.70. The molecular weight excluding hydrogens is 240 g/mol. The molecule has 0 saturated carbocycles. The van der Waals surface area contributed by atoms with Crippen molar-refractivity contribution in [2.24, 2.45) is 0 Å². The highest BCUT2D eigenvalue weighted by atomic mass is 14.3. The Morgan fingerprint density at radius 1 is 1.05 bits per heavy atom. The zero-order valence-electron chi connectivity index (χ0n) is 13.3. The molecule has 0 N–H and O–H groups in total. The van der Waals surface area contributed by atoms with Gasteiger partial charge in [-0.3, -0.25) is 0 Å². The van der Waals surface area contributed by atoms with Crippen LogP contribution in [0.5, 0.6) is 0 Å². The van der Waals surface area contributed by atoms with Gasteiger partial charge in [0, 0.05) is 0 Å². The minimum absolute atomic E-state index is 0.231. The average Bonchev–Trinajstić information content (AvgIpc) is 2.36. The summed E-state index contributed by atoms with van der Waals surface area (Å²) < 4.78 is 0. The maximum absolute atomic E-state index is 2.43. The van der Waals surface area contributed by atoms with Crippen LogP contribution in [-0.2, 0) is 18.3 Å². The summed E-state index contributed by atoms with van der Waals surface area (Å²) in [4.78, 5) is 0. The molecule has 0 nitrogen and oxygen atoms in total. The largest absolute Gasteiger partial charge is 0.0613 e. The SMILES string of the molecule is CCc1cc(C)c2c(c1)CC(C)(C)c1ccc(C)cc1-2. The molecule has 0 bridgehead atoms. The number of fused-ring (bicyclic) bond motifs is 3. The number of hydrogen-bond donors (Lipinski definition) is 0. The fourth-order valence-electron chi connectivity index (χ4n) is 3.70. The first-order valence-electron chi connectivity index (χ1n) is 7.66. The van der Waals surface area contributed by atoms with Gasteiger partial charge in [0.2, 0.25) is 0 Å². The Hall–Kier alpha value is -1.56. The van der Waals surface area contributed by atoms with Gasteiger partial charge in [0.05, 0.1) is 0 Å². The van der Waals surface area contributed by atoms with E-state index in [1.54, 1.807) is 0 Å². The summed E-state index contributed by atoms with van der Waals surface area (Å²) in [5.74, 6) is 0. The van der Waals surface area contributed by atoms with Crippen LogP contribution < -0.4 is 0 Å².